The highest BCUT2D eigenvalue weighted by Gasteiger charge is 2.23. The molecule has 0 fully saturated rings. The number of benzene rings is 1. The minimum atomic E-state index is -3.71. The van der Waals surface area contributed by atoms with Crippen molar-refractivity contribution in [2.45, 2.75) is 24.3 Å². The number of unbranched alkanes of at least 4 members (excludes halogenated alkanes) is 1. The highest BCUT2D eigenvalue weighted by atomic mass is 32.2. The summed E-state index contributed by atoms with van der Waals surface area (Å²) in [6.45, 7) is 1.35. The van der Waals surface area contributed by atoms with Crippen LogP contribution in [0.2, 0.25) is 0 Å². The number of methoxy groups -OCH3 is 1. The van der Waals surface area contributed by atoms with Crippen LogP contribution in [-0.4, -0.2) is 55.9 Å². The number of hydrogen-bond acceptors (Lipinski definition) is 5. The topological polar surface area (TPSA) is 93.5 Å². The summed E-state index contributed by atoms with van der Waals surface area (Å²) in [5.74, 6) is -0.110. The van der Waals surface area contributed by atoms with E-state index < -0.39 is 10.0 Å². The van der Waals surface area contributed by atoms with E-state index in [1.807, 2.05) is 10.8 Å². The Morgan fingerprint density at radius 2 is 2.08 bits per heavy atom. The van der Waals surface area contributed by atoms with E-state index in [1.54, 1.807) is 18.6 Å². The first-order valence-electron chi connectivity index (χ1n) is 8.20. The molecule has 0 aliphatic carbocycles. The second kappa shape index (κ2) is 8.81. The van der Waals surface area contributed by atoms with Crippen LogP contribution in [0.4, 0.5) is 0 Å². The summed E-state index contributed by atoms with van der Waals surface area (Å²) in [7, 11) is 0.547. The second-order valence-corrected chi connectivity index (χ2v) is 8.04. The SMILES string of the molecule is COc1ccc(C(=O)NCCCCn2ccnc2)cc1S(=O)(=O)N(C)C. The first-order valence-corrected chi connectivity index (χ1v) is 9.64. The van der Waals surface area contributed by atoms with Crippen molar-refractivity contribution in [2.24, 2.45) is 0 Å². The molecule has 142 valence electrons. The molecule has 0 spiro atoms. The standard InChI is InChI=1S/C17H24N4O4S/c1-20(2)26(23,24)16-12-14(6-7-15(16)25-3)17(22)19-8-4-5-10-21-11-9-18-13-21/h6-7,9,11-13H,4-5,8,10H2,1-3H3,(H,19,22). The zero-order valence-electron chi connectivity index (χ0n) is 15.2. The molecule has 0 bridgehead atoms. The Kier molecular flexibility index (Phi) is 6.76. The molecule has 9 heteroatoms. The van der Waals surface area contributed by atoms with Gasteiger partial charge in [-0.05, 0) is 31.0 Å². The summed E-state index contributed by atoms with van der Waals surface area (Å²) in [6, 6.07) is 4.38. The van der Waals surface area contributed by atoms with Crippen LogP contribution < -0.4 is 10.1 Å². The van der Waals surface area contributed by atoms with Gasteiger partial charge in [0.15, 0.2) is 0 Å². The third kappa shape index (κ3) is 4.83. The number of aryl methyl sites for hydroxylation is 1. The first kappa shape index (κ1) is 19.9. The van der Waals surface area contributed by atoms with Crippen molar-refractivity contribution in [3.63, 3.8) is 0 Å². The predicted molar refractivity (Wildman–Crippen MR) is 97.7 cm³/mol. The number of nitrogens with one attached hydrogen (secondary N) is 1. The maximum absolute atomic E-state index is 12.4. The molecule has 1 N–H and O–H groups in total. The summed E-state index contributed by atoms with van der Waals surface area (Å²) in [4.78, 5) is 16.3. The molecule has 1 heterocycles. The Labute approximate surface area is 153 Å². The number of imidazole rings is 1. The monoisotopic (exact) mass is 380 g/mol. The lowest BCUT2D eigenvalue weighted by Gasteiger charge is -2.15. The van der Waals surface area contributed by atoms with Crippen molar-refractivity contribution in [1.82, 2.24) is 19.2 Å². The van der Waals surface area contributed by atoms with Crippen molar-refractivity contribution in [1.29, 1.82) is 0 Å². The van der Waals surface area contributed by atoms with Crippen LogP contribution >= 0.6 is 0 Å². The normalized spacial score (nSPS) is 11.5. The number of carbonyl (C=O) groups excluding carboxylic acids is 1. The van der Waals surface area contributed by atoms with Gasteiger partial charge in [-0.15, -0.1) is 0 Å². The number of amides is 1. The van der Waals surface area contributed by atoms with Crippen molar-refractivity contribution >= 4 is 15.9 Å². The zero-order valence-corrected chi connectivity index (χ0v) is 16.0. The van der Waals surface area contributed by atoms with E-state index >= 15 is 0 Å². The van der Waals surface area contributed by atoms with Gasteiger partial charge in [0.25, 0.3) is 5.91 Å². The van der Waals surface area contributed by atoms with E-state index in [9.17, 15) is 13.2 Å². The molecule has 0 aliphatic rings. The molecule has 0 unspecified atom stereocenters. The summed E-state index contributed by atoms with van der Waals surface area (Å²) in [5, 5.41) is 2.81. The quantitative estimate of drug-likeness (QED) is 0.663. The van der Waals surface area contributed by atoms with E-state index in [-0.39, 0.29) is 22.1 Å². The molecule has 1 aromatic heterocycles. The molecular formula is C17H24N4O4S. The summed E-state index contributed by atoms with van der Waals surface area (Å²) >= 11 is 0. The average molecular weight is 380 g/mol. The van der Waals surface area contributed by atoms with E-state index in [2.05, 4.69) is 10.3 Å². The lowest BCUT2D eigenvalue weighted by Crippen LogP contribution is -2.26. The predicted octanol–water partition coefficient (Wildman–Crippen LogP) is 1.35. The van der Waals surface area contributed by atoms with Crippen LogP contribution in [0.5, 0.6) is 5.75 Å². The van der Waals surface area contributed by atoms with E-state index in [0.29, 0.717) is 6.54 Å². The molecule has 1 aromatic carbocycles. The van der Waals surface area contributed by atoms with Gasteiger partial charge in [-0.2, -0.15) is 0 Å². The van der Waals surface area contributed by atoms with Crippen molar-refractivity contribution in [3.8, 4) is 5.75 Å². The van der Waals surface area contributed by atoms with Crippen LogP contribution in [0.1, 0.15) is 23.2 Å². The lowest BCUT2D eigenvalue weighted by molar-refractivity contribution is 0.0952. The van der Waals surface area contributed by atoms with Gasteiger partial charge in [0.1, 0.15) is 10.6 Å². The van der Waals surface area contributed by atoms with Gasteiger partial charge in [-0.25, -0.2) is 17.7 Å². The van der Waals surface area contributed by atoms with Gasteiger partial charge >= 0.3 is 0 Å². The van der Waals surface area contributed by atoms with Gasteiger partial charge in [0.05, 0.1) is 13.4 Å². The Bertz CT molecular complexity index is 832. The van der Waals surface area contributed by atoms with E-state index in [0.717, 1.165) is 23.7 Å². The number of sulfonamides is 1. The number of carbonyl (C=O) groups is 1. The van der Waals surface area contributed by atoms with E-state index in [4.69, 9.17) is 4.74 Å². The van der Waals surface area contributed by atoms with Crippen LogP contribution in [-0.2, 0) is 16.6 Å². The van der Waals surface area contributed by atoms with Crippen LogP contribution in [0.15, 0.2) is 41.8 Å². The first-order chi connectivity index (χ1) is 12.4. The molecule has 8 nitrogen and oxygen atoms in total. The Hall–Kier alpha value is -2.39. The third-order valence-electron chi connectivity index (χ3n) is 3.87. The van der Waals surface area contributed by atoms with Gasteiger partial charge in [0.2, 0.25) is 10.0 Å². The minimum absolute atomic E-state index is 0.0299. The fraction of sp³-hybridized carbons (Fsp3) is 0.412. The fourth-order valence-corrected chi connectivity index (χ4v) is 3.43. The van der Waals surface area contributed by atoms with Gasteiger partial charge in [-0.1, -0.05) is 0 Å². The van der Waals surface area contributed by atoms with Crippen molar-refractivity contribution in [3.05, 3.63) is 42.5 Å². The van der Waals surface area contributed by atoms with Crippen LogP contribution in [0.25, 0.3) is 0 Å². The number of aromatic nitrogens is 2. The van der Waals surface area contributed by atoms with Crippen LogP contribution in [0.3, 0.4) is 0 Å². The maximum atomic E-state index is 12.4. The maximum Gasteiger partial charge on any atom is 0.251 e. The summed E-state index contributed by atoms with van der Waals surface area (Å²) in [5.41, 5.74) is 0.279. The molecule has 0 atom stereocenters. The highest BCUT2D eigenvalue weighted by Crippen LogP contribution is 2.26. The Morgan fingerprint density at radius 3 is 2.69 bits per heavy atom. The minimum Gasteiger partial charge on any atom is -0.495 e. The highest BCUT2D eigenvalue weighted by molar-refractivity contribution is 7.89. The molecular weight excluding hydrogens is 356 g/mol. The summed E-state index contributed by atoms with van der Waals surface area (Å²) < 4.78 is 33.0. The number of hydrogen-bond donors (Lipinski definition) is 1. The molecule has 26 heavy (non-hydrogen) atoms. The van der Waals surface area contributed by atoms with Crippen molar-refractivity contribution < 1.29 is 17.9 Å². The van der Waals surface area contributed by atoms with Crippen LogP contribution in [0, 0.1) is 0 Å². The molecule has 0 radical (unpaired) electrons. The number of rotatable bonds is 9. The molecule has 2 aromatic rings. The second-order valence-electron chi connectivity index (χ2n) is 5.92. The fourth-order valence-electron chi connectivity index (χ4n) is 2.36. The molecule has 0 aliphatic heterocycles. The Morgan fingerprint density at radius 1 is 1.31 bits per heavy atom. The molecule has 0 saturated heterocycles. The van der Waals surface area contributed by atoms with Gasteiger partial charge in [-0.3, -0.25) is 4.79 Å². The number of ether oxygens (including phenoxy) is 1. The molecule has 0 saturated carbocycles. The summed E-state index contributed by atoms with van der Waals surface area (Å²) in [6.07, 6.45) is 7.08. The van der Waals surface area contributed by atoms with Gasteiger partial charge < -0.3 is 14.6 Å². The van der Waals surface area contributed by atoms with Gasteiger partial charge in [0, 0.05) is 45.1 Å². The average Bonchev–Trinajstić information content (AvgIpc) is 3.14. The third-order valence-corrected chi connectivity index (χ3v) is 5.71. The lowest BCUT2D eigenvalue weighted by atomic mass is 10.2. The Balaban J connectivity index is 1.98. The number of nitrogens with zero attached hydrogens (tertiary/aromatic N) is 3. The molecule has 1 amide bonds. The van der Waals surface area contributed by atoms with E-state index in [1.165, 1.54) is 33.3 Å². The molecule has 2 rings (SSSR count). The largest absolute Gasteiger partial charge is 0.495 e. The zero-order chi connectivity index (χ0) is 19.2. The smallest absolute Gasteiger partial charge is 0.251 e. The van der Waals surface area contributed by atoms with Crippen molar-refractivity contribution in [2.75, 3.05) is 27.7 Å².